The molecule has 5 nitrogen and oxygen atoms in total. The average Bonchev–Trinajstić information content (AvgIpc) is 3.76. The molecule has 0 atom stereocenters. The number of furan rings is 2. The number of hydrogen-bond donors (Lipinski definition) is 0. The van der Waals surface area contributed by atoms with Gasteiger partial charge in [0.25, 0.3) is 0 Å². The summed E-state index contributed by atoms with van der Waals surface area (Å²) in [7, 11) is 0. The van der Waals surface area contributed by atoms with Gasteiger partial charge < -0.3 is 8.83 Å². The molecule has 10 rings (SSSR count). The van der Waals surface area contributed by atoms with Crippen LogP contribution in [0.4, 0.5) is 0 Å². The molecule has 7 aromatic carbocycles. The lowest BCUT2D eigenvalue weighted by molar-refractivity contribution is 0.669. The summed E-state index contributed by atoms with van der Waals surface area (Å²) >= 11 is 0. The second-order valence-corrected chi connectivity index (χ2v) is 12.4. The van der Waals surface area contributed by atoms with Crippen LogP contribution in [0.15, 0.2) is 173 Å². The van der Waals surface area contributed by atoms with Gasteiger partial charge in [0.1, 0.15) is 22.3 Å². The molecular formula is C45H27N3O2. The Balaban J connectivity index is 1.18. The van der Waals surface area contributed by atoms with Crippen molar-refractivity contribution in [2.45, 2.75) is 0 Å². The highest BCUT2D eigenvalue weighted by Crippen LogP contribution is 2.41. The molecule has 0 N–H and O–H groups in total. The molecule has 0 radical (unpaired) electrons. The summed E-state index contributed by atoms with van der Waals surface area (Å²) in [6, 6.07) is 55.7. The van der Waals surface area contributed by atoms with E-state index in [-0.39, 0.29) is 0 Å². The van der Waals surface area contributed by atoms with E-state index < -0.39 is 0 Å². The highest BCUT2D eigenvalue weighted by molar-refractivity contribution is 6.14. The summed E-state index contributed by atoms with van der Waals surface area (Å²) < 4.78 is 12.9. The Morgan fingerprint density at radius 1 is 0.300 bits per heavy atom. The van der Waals surface area contributed by atoms with Gasteiger partial charge in [-0.3, -0.25) is 0 Å². The van der Waals surface area contributed by atoms with Gasteiger partial charge in [-0.25, -0.2) is 15.0 Å². The Morgan fingerprint density at radius 2 is 0.820 bits per heavy atom. The first kappa shape index (κ1) is 28.2. The van der Waals surface area contributed by atoms with Crippen LogP contribution in [-0.4, -0.2) is 15.0 Å². The van der Waals surface area contributed by atoms with Crippen LogP contribution in [0.3, 0.4) is 0 Å². The number of hydrogen-bond acceptors (Lipinski definition) is 5. The van der Waals surface area contributed by atoms with Gasteiger partial charge in [-0.1, -0.05) is 127 Å². The molecule has 5 heteroatoms. The maximum atomic E-state index is 6.46. The predicted octanol–water partition coefficient (Wildman–Crippen LogP) is 12.0. The summed E-state index contributed by atoms with van der Waals surface area (Å²) in [5.41, 5.74) is 10.3. The van der Waals surface area contributed by atoms with Crippen molar-refractivity contribution in [3.8, 4) is 56.4 Å². The predicted molar refractivity (Wildman–Crippen MR) is 202 cm³/mol. The highest BCUT2D eigenvalue weighted by Gasteiger charge is 2.19. The van der Waals surface area contributed by atoms with E-state index in [2.05, 4.69) is 78.9 Å². The molecule has 10 aromatic rings. The van der Waals surface area contributed by atoms with Gasteiger partial charge in [-0.2, -0.15) is 0 Å². The maximum absolute atomic E-state index is 6.46. The molecule has 0 fully saturated rings. The van der Waals surface area contributed by atoms with E-state index in [1.54, 1.807) is 0 Å². The molecule has 0 unspecified atom stereocenters. The highest BCUT2D eigenvalue weighted by atomic mass is 16.3. The normalized spacial score (nSPS) is 11.6. The minimum absolute atomic E-state index is 0.560. The van der Waals surface area contributed by atoms with E-state index in [1.807, 2.05) is 84.9 Å². The summed E-state index contributed by atoms with van der Waals surface area (Å²) in [5, 5.41) is 4.28. The van der Waals surface area contributed by atoms with Crippen LogP contribution in [0.2, 0.25) is 0 Å². The van der Waals surface area contributed by atoms with Gasteiger partial charge in [0.2, 0.25) is 0 Å². The molecule has 234 valence electrons. The summed E-state index contributed by atoms with van der Waals surface area (Å²) in [6.07, 6.45) is 0. The first-order chi connectivity index (χ1) is 24.8. The zero-order valence-corrected chi connectivity index (χ0v) is 26.7. The molecule has 3 heterocycles. The Hall–Kier alpha value is -6.85. The molecule has 0 spiro atoms. The van der Waals surface area contributed by atoms with Crippen molar-refractivity contribution in [1.29, 1.82) is 0 Å². The smallest absolute Gasteiger partial charge is 0.164 e. The van der Waals surface area contributed by atoms with E-state index in [1.165, 1.54) is 0 Å². The number of rotatable bonds is 5. The van der Waals surface area contributed by atoms with E-state index in [0.29, 0.717) is 17.5 Å². The fourth-order valence-corrected chi connectivity index (χ4v) is 7.00. The van der Waals surface area contributed by atoms with E-state index in [0.717, 1.165) is 82.8 Å². The standard InChI is InChI=1S/C45H27N3O2/c1-4-13-28(14-5-1)33-20-12-22-38-41(33)35-24-23-31(26-39(35)50-38)44-46-43(30-17-8-3-9-18-30)47-45(48-44)32-25-36(29-15-6-2-7-16-29)42-34-19-10-11-21-37(34)49-40(42)27-32/h1-27H. The van der Waals surface area contributed by atoms with Crippen LogP contribution in [0.1, 0.15) is 0 Å². The Bertz CT molecular complexity index is 2860. The largest absolute Gasteiger partial charge is 0.456 e. The van der Waals surface area contributed by atoms with E-state index >= 15 is 0 Å². The SMILES string of the molecule is c1ccc(-c2nc(-c3ccc4c(c3)oc3cccc(-c5ccccc5)c34)nc(-c3cc(-c4ccccc4)c4c(c3)oc3ccccc34)n2)cc1. The molecule has 3 aromatic heterocycles. The summed E-state index contributed by atoms with van der Waals surface area (Å²) in [6.45, 7) is 0. The van der Waals surface area contributed by atoms with Crippen molar-refractivity contribution in [2.75, 3.05) is 0 Å². The number of para-hydroxylation sites is 1. The molecule has 0 amide bonds. The van der Waals surface area contributed by atoms with Gasteiger partial charge in [-0.05, 0) is 58.7 Å². The van der Waals surface area contributed by atoms with Gasteiger partial charge in [0, 0.05) is 38.2 Å². The van der Waals surface area contributed by atoms with Crippen molar-refractivity contribution in [2.24, 2.45) is 0 Å². The molecule has 0 aliphatic rings. The molecule has 50 heavy (non-hydrogen) atoms. The first-order valence-electron chi connectivity index (χ1n) is 16.6. The van der Waals surface area contributed by atoms with E-state index in [4.69, 9.17) is 23.8 Å². The monoisotopic (exact) mass is 641 g/mol. The fraction of sp³-hybridized carbons (Fsp3) is 0. The van der Waals surface area contributed by atoms with Gasteiger partial charge in [0.05, 0.1) is 0 Å². The van der Waals surface area contributed by atoms with Crippen LogP contribution in [-0.2, 0) is 0 Å². The van der Waals surface area contributed by atoms with E-state index in [9.17, 15) is 0 Å². The average molecular weight is 642 g/mol. The lowest BCUT2D eigenvalue weighted by Crippen LogP contribution is -2.00. The molecule has 0 aliphatic heterocycles. The number of nitrogens with zero attached hydrogens (tertiary/aromatic N) is 3. The third-order valence-electron chi connectivity index (χ3n) is 9.33. The minimum atomic E-state index is 0.560. The molecule has 0 saturated carbocycles. The van der Waals surface area contributed by atoms with Crippen molar-refractivity contribution in [3.05, 3.63) is 164 Å². The van der Waals surface area contributed by atoms with Crippen LogP contribution < -0.4 is 0 Å². The van der Waals surface area contributed by atoms with Crippen molar-refractivity contribution >= 4 is 43.9 Å². The molecular weight excluding hydrogens is 615 g/mol. The zero-order valence-electron chi connectivity index (χ0n) is 26.7. The summed E-state index contributed by atoms with van der Waals surface area (Å²) in [4.78, 5) is 15.2. The second kappa shape index (κ2) is 11.4. The van der Waals surface area contributed by atoms with Crippen LogP contribution >= 0.6 is 0 Å². The first-order valence-corrected chi connectivity index (χ1v) is 16.6. The number of benzene rings is 7. The summed E-state index contributed by atoms with van der Waals surface area (Å²) in [5.74, 6) is 1.71. The maximum Gasteiger partial charge on any atom is 0.164 e. The van der Waals surface area contributed by atoms with Crippen molar-refractivity contribution in [1.82, 2.24) is 15.0 Å². The fourth-order valence-electron chi connectivity index (χ4n) is 7.00. The van der Waals surface area contributed by atoms with Crippen LogP contribution in [0.5, 0.6) is 0 Å². The third-order valence-corrected chi connectivity index (χ3v) is 9.33. The number of aromatic nitrogens is 3. The molecule has 0 bridgehead atoms. The minimum Gasteiger partial charge on any atom is -0.456 e. The Labute approximate surface area is 287 Å². The third kappa shape index (κ3) is 4.67. The second-order valence-electron chi connectivity index (χ2n) is 12.4. The zero-order chi connectivity index (χ0) is 33.0. The lowest BCUT2D eigenvalue weighted by Gasteiger charge is -2.11. The van der Waals surface area contributed by atoms with Crippen molar-refractivity contribution in [3.63, 3.8) is 0 Å². The van der Waals surface area contributed by atoms with Gasteiger partial charge in [0.15, 0.2) is 17.5 Å². The van der Waals surface area contributed by atoms with Crippen molar-refractivity contribution < 1.29 is 8.83 Å². The lowest BCUT2D eigenvalue weighted by atomic mass is 9.97. The Morgan fingerprint density at radius 3 is 1.56 bits per heavy atom. The number of fused-ring (bicyclic) bond motifs is 6. The molecule has 0 saturated heterocycles. The topological polar surface area (TPSA) is 65.0 Å². The Kier molecular flexibility index (Phi) is 6.42. The quantitative estimate of drug-likeness (QED) is 0.187. The van der Waals surface area contributed by atoms with Crippen LogP contribution in [0.25, 0.3) is 100 Å². The van der Waals surface area contributed by atoms with Gasteiger partial charge >= 0.3 is 0 Å². The molecule has 0 aliphatic carbocycles. The van der Waals surface area contributed by atoms with Crippen LogP contribution in [0, 0.1) is 0 Å². The van der Waals surface area contributed by atoms with Gasteiger partial charge in [-0.15, -0.1) is 0 Å².